The Kier molecular flexibility index (Phi) is 5.85. The summed E-state index contributed by atoms with van der Waals surface area (Å²) in [5.41, 5.74) is 0. The molecule has 0 fully saturated rings. The summed E-state index contributed by atoms with van der Waals surface area (Å²) in [5, 5.41) is 5.47. The number of nitrogens with one attached hydrogen (secondary N) is 1. The van der Waals surface area contributed by atoms with Crippen molar-refractivity contribution in [2.24, 2.45) is 5.92 Å². The van der Waals surface area contributed by atoms with Gasteiger partial charge in [0, 0.05) is 16.3 Å². The van der Waals surface area contributed by atoms with E-state index < -0.39 is 0 Å². The topological polar surface area (TPSA) is 21.3 Å². The molecule has 0 aliphatic carbocycles. The van der Waals surface area contributed by atoms with Gasteiger partial charge in [0.05, 0.1) is 7.11 Å². The van der Waals surface area contributed by atoms with E-state index in [4.69, 9.17) is 4.74 Å². The molecule has 2 atom stereocenters. The first kappa shape index (κ1) is 13.5. The van der Waals surface area contributed by atoms with Gasteiger partial charge >= 0.3 is 0 Å². The van der Waals surface area contributed by atoms with Crippen LogP contribution >= 0.6 is 11.3 Å². The molecule has 1 aromatic heterocycles. The second-order valence-corrected chi connectivity index (χ2v) is 5.30. The van der Waals surface area contributed by atoms with Crippen molar-refractivity contribution in [1.82, 2.24) is 5.32 Å². The first-order valence-corrected chi connectivity index (χ1v) is 6.88. The van der Waals surface area contributed by atoms with Crippen LogP contribution in [-0.4, -0.2) is 14.2 Å². The van der Waals surface area contributed by atoms with Crippen molar-refractivity contribution in [2.45, 2.75) is 39.2 Å². The minimum atomic E-state index is 0.468. The molecule has 1 heterocycles. The molecular formula is C13H23NOS. The van der Waals surface area contributed by atoms with Gasteiger partial charge in [-0.3, -0.25) is 0 Å². The van der Waals surface area contributed by atoms with E-state index >= 15 is 0 Å². The lowest BCUT2D eigenvalue weighted by atomic mass is 9.96. The Hall–Kier alpha value is -0.540. The van der Waals surface area contributed by atoms with Crippen LogP contribution in [0, 0.1) is 5.92 Å². The molecule has 0 amide bonds. The molecule has 1 rings (SSSR count). The number of rotatable bonds is 7. The summed E-state index contributed by atoms with van der Waals surface area (Å²) in [4.78, 5) is 1.38. The lowest BCUT2D eigenvalue weighted by molar-refractivity contribution is 0.404. The van der Waals surface area contributed by atoms with Crippen LogP contribution in [0.15, 0.2) is 11.4 Å². The van der Waals surface area contributed by atoms with Crippen molar-refractivity contribution < 1.29 is 4.74 Å². The Bertz CT molecular complexity index is 298. The molecule has 0 aromatic carbocycles. The average Bonchev–Trinajstić information content (AvgIpc) is 2.74. The van der Waals surface area contributed by atoms with Crippen LogP contribution in [0.1, 0.15) is 44.0 Å². The maximum Gasteiger partial charge on any atom is 0.129 e. The van der Waals surface area contributed by atoms with E-state index in [2.05, 4.69) is 30.6 Å². The number of ether oxygens (including phenoxy) is 1. The molecular weight excluding hydrogens is 218 g/mol. The van der Waals surface area contributed by atoms with E-state index in [9.17, 15) is 0 Å². The van der Waals surface area contributed by atoms with Gasteiger partial charge in [-0.2, -0.15) is 0 Å². The molecule has 0 saturated carbocycles. The van der Waals surface area contributed by atoms with Crippen molar-refractivity contribution in [3.8, 4) is 5.75 Å². The predicted molar refractivity (Wildman–Crippen MR) is 71.4 cm³/mol. The summed E-state index contributed by atoms with van der Waals surface area (Å²) >= 11 is 1.78. The standard InChI is InChI=1S/C13H23NOS/c1-5-6-10(2)7-12(14-3)13-8-11(15-4)9-16-13/h8-10,12,14H,5-7H2,1-4H3. The van der Waals surface area contributed by atoms with Crippen molar-refractivity contribution in [1.29, 1.82) is 0 Å². The molecule has 0 saturated heterocycles. The van der Waals surface area contributed by atoms with Crippen LogP contribution < -0.4 is 10.1 Å². The summed E-state index contributed by atoms with van der Waals surface area (Å²) in [6.45, 7) is 4.58. The predicted octanol–water partition coefficient (Wildman–Crippen LogP) is 3.84. The lowest BCUT2D eigenvalue weighted by Gasteiger charge is -2.19. The highest BCUT2D eigenvalue weighted by Gasteiger charge is 2.15. The van der Waals surface area contributed by atoms with Gasteiger partial charge in [-0.05, 0) is 25.5 Å². The first-order chi connectivity index (χ1) is 7.71. The smallest absolute Gasteiger partial charge is 0.129 e. The zero-order valence-electron chi connectivity index (χ0n) is 10.7. The number of hydrogen-bond acceptors (Lipinski definition) is 3. The van der Waals surface area contributed by atoms with Crippen LogP contribution in [0.25, 0.3) is 0 Å². The monoisotopic (exact) mass is 241 g/mol. The summed E-state index contributed by atoms with van der Waals surface area (Å²) in [5.74, 6) is 1.75. The highest BCUT2D eigenvalue weighted by Crippen LogP contribution is 2.31. The minimum absolute atomic E-state index is 0.468. The molecule has 3 heteroatoms. The van der Waals surface area contributed by atoms with E-state index in [1.807, 2.05) is 7.05 Å². The third kappa shape index (κ3) is 3.80. The molecule has 0 spiro atoms. The molecule has 0 aliphatic rings. The second kappa shape index (κ2) is 6.92. The van der Waals surface area contributed by atoms with Crippen molar-refractivity contribution in [3.05, 3.63) is 16.3 Å². The molecule has 1 N–H and O–H groups in total. The Morgan fingerprint density at radius 3 is 2.75 bits per heavy atom. The van der Waals surface area contributed by atoms with Crippen LogP contribution in [0.4, 0.5) is 0 Å². The Balaban J connectivity index is 2.59. The van der Waals surface area contributed by atoms with Gasteiger partial charge < -0.3 is 10.1 Å². The Labute approximate surface area is 103 Å². The summed E-state index contributed by atoms with van der Waals surface area (Å²) in [6.07, 6.45) is 3.78. The molecule has 92 valence electrons. The number of thiophene rings is 1. The third-order valence-corrected chi connectivity index (χ3v) is 3.97. The van der Waals surface area contributed by atoms with Crippen molar-refractivity contribution >= 4 is 11.3 Å². The van der Waals surface area contributed by atoms with Gasteiger partial charge in [-0.25, -0.2) is 0 Å². The van der Waals surface area contributed by atoms with E-state index in [-0.39, 0.29) is 0 Å². The van der Waals surface area contributed by atoms with Crippen LogP contribution in [0.5, 0.6) is 5.75 Å². The largest absolute Gasteiger partial charge is 0.496 e. The van der Waals surface area contributed by atoms with Gasteiger partial charge in [-0.15, -0.1) is 11.3 Å². The SMILES string of the molecule is CCCC(C)CC(NC)c1cc(OC)cs1. The summed E-state index contributed by atoms with van der Waals surface area (Å²) in [6, 6.07) is 2.61. The Morgan fingerprint density at radius 2 is 2.25 bits per heavy atom. The minimum Gasteiger partial charge on any atom is -0.496 e. The molecule has 1 aromatic rings. The maximum absolute atomic E-state index is 5.22. The van der Waals surface area contributed by atoms with Crippen LogP contribution in [0.2, 0.25) is 0 Å². The third-order valence-electron chi connectivity index (χ3n) is 2.94. The second-order valence-electron chi connectivity index (χ2n) is 4.36. The molecule has 0 radical (unpaired) electrons. The van der Waals surface area contributed by atoms with Gasteiger partial charge in [0.25, 0.3) is 0 Å². The van der Waals surface area contributed by atoms with Crippen molar-refractivity contribution in [3.63, 3.8) is 0 Å². The molecule has 2 nitrogen and oxygen atoms in total. The van der Waals surface area contributed by atoms with Gasteiger partial charge in [-0.1, -0.05) is 26.7 Å². The number of hydrogen-bond donors (Lipinski definition) is 1. The van der Waals surface area contributed by atoms with E-state index in [1.54, 1.807) is 18.4 Å². The van der Waals surface area contributed by atoms with Crippen LogP contribution in [-0.2, 0) is 0 Å². The fourth-order valence-corrected chi connectivity index (χ4v) is 2.99. The maximum atomic E-state index is 5.22. The molecule has 0 bridgehead atoms. The van der Waals surface area contributed by atoms with Gasteiger partial charge in [0.1, 0.15) is 5.75 Å². The summed E-state index contributed by atoms with van der Waals surface area (Å²) < 4.78 is 5.22. The fourth-order valence-electron chi connectivity index (χ4n) is 2.01. The lowest BCUT2D eigenvalue weighted by Crippen LogP contribution is -2.18. The van der Waals surface area contributed by atoms with E-state index in [0.717, 1.165) is 11.7 Å². The fraction of sp³-hybridized carbons (Fsp3) is 0.692. The normalized spacial score (nSPS) is 14.8. The average molecular weight is 241 g/mol. The molecule has 16 heavy (non-hydrogen) atoms. The van der Waals surface area contributed by atoms with Crippen LogP contribution in [0.3, 0.4) is 0 Å². The first-order valence-electron chi connectivity index (χ1n) is 6.00. The summed E-state index contributed by atoms with van der Waals surface area (Å²) in [7, 11) is 3.76. The van der Waals surface area contributed by atoms with Crippen molar-refractivity contribution in [2.75, 3.05) is 14.2 Å². The zero-order chi connectivity index (χ0) is 12.0. The quantitative estimate of drug-likeness (QED) is 0.783. The zero-order valence-corrected chi connectivity index (χ0v) is 11.6. The number of methoxy groups -OCH3 is 1. The highest BCUT2D eigenvalue weighted by atomic mass is 32.1. The van der Waals surface area contributed by atoms with Gasteiger partial charge in [0.15, 0.2) is 0 Å². The van der Waals surface area contributed by atoms with E-state index in [0.29, 0.717) is 6.04 Å². The molecule has 2 unspecified atom stereocenters. The highest BCUT2D eigenvalue weighted by molar-refractivity contribution is 7.10. The van der Waals surface area contributed by atoms with E-state index in [1.165, 1.54) is 24.1 Å². The van der Waals surface area contributed by atoms with Gasteiger partial charge in [0.2, 0.25) is 0 Å². The molecule has 0 aliphatic heterocycles. The Morgan fingerprint density at radius 1 is 1.50 bits per heavy atom.